The van der Waals surface area contributed by atoms with Gasteiger partial charge in [-0.2, -0.15) is 0 Å². The number of nitrogens with one attached hydrogen (secondary N) is 1. The Labute approximate surface area is 171 Å². The largest absolute Gasteiger partial charge is 0.300 e. The van der Waals surface area contributed by atoms with E-state index in [0.29, 0.717) is 6.42 Å². The van der Waals surface area contributed by atoms with E-state index >= 15 is 0 Å². The molecular weight excluding hydrogens is 368 g/mol. The van der Waals surface area contributed by atoms with E-state index in [1.807, 2.05) is 36.7 Å². The van der Waals surface area contributed by atoms with Crippen molar-refractivity contribution in [1.82, 2.24) is 20.3 Å². The standard InChI is InChI=1S/C23H25ClN4/c1-15-6-4-12-25-21(15)14-17-10-11-18(24)23(27-17)20-9-3-8-19(28-20)22-16(2)7-5-13-26-22/h4-7,10-13,19-20,28H,3,8-9,14H2,1-2H3/t19-,20+/m0/s1. The highest BCUT2D eigenvalue weighted by Crippen LogP contribution is 2.35. The molecule has 144 valence electrons. The molecule has 1 saturated heterocycles. The summed E-state index contributed by atoms with van der Waals surface area (Å²) in [4.78, 5) is 14.0. The van der Waals surface area contributed by atoms with Crippen molar-refractivity contribution in [3.8, 4) is 0 Å². The molecule has 0 aromatic carbocycles. The Balaban J connectivity index is 1.58. The van der Waals surface area contributed by atoms with E-state index in [1.54, 1.807) is 0 Å². The molecule has 4 heterocycles. The van der Waals surface area contributed by atoms with Crippen molar-refractivity contribution < 1.29 is 0 Å². The minimum absolute atomic E-state index is 0.137. The maximum absolute atomic E-state index is 6.56. The maximum Gasteiger partial charge on any atom is 0.0762 e. The summed E-state index contributed by atoms with van der Waals surface area (Å²) in [5.74, 6) is 0. The number of aromatic nitrogens is 3. The molecule has 3 aromatic heterocycles. The fourth-order valence-electron chi connectivity index (χ4n) is 3.95. The molecule has 1 N–H and O–H groups in total. The Morgan fingerprint density at radius 1 is 0.929 bits per heavy atom. The third-order valence-corrected chi connectivity index (χ3v) is 5.81. The van der Waals surface area contributed by atoms with E-state index in [4.69, 9.17) is 16.6 Å². The number of hydrogen-bond donors (Lipinski definition) is 1. The van der Waals surface area contributed by atoms with E-state index in [-0.39, 0.29) is 12.1 Å². The summed E-state index contributed by atoms with van der Waals surface area (Å²) < 4.78 is 0. The quantitative estimate of drug-likeness (QED) is 0.655. The van der Waals surface area contributed by atoms with Crippen LogP contribution in [0.25, 0.3) is 0 Å². The minimum Gasteiger partial charge on any atom is -0.300 e. The highest BCUT2D eigenvalue weighted by Gasteiger charge is 2.27. The van der Waals surface area contributed by atoms with E-state index in [0.717, 1.165) is 47.1 Å². The number of halogens is 1. The highest BCUT2D eigenvalue weighted by molar-refractivity contribution is 6.31. The molecule has 0 saturated carbocycles. The number of aryl methyl sites for hydroxylation is 2. The van der Waals surface area contributed by atoms with Crippen LogP contribution in [0.15, 0.2) is 48.8 Å². The number of piperidine rings is 1. The Kier molecular flexibility index (Phi) is 5.69. The zero-order valence-electron chi connectivity index (χ0n) is 16.3. The van der Waals surface area contributed by atoms with Crippen molar-refractivity contribution in [2.24, 2.45) is 0 Å². The normalized spacial score (nSPS) is 19.5. The summed E-state index contributed by atoms with van der Waals surface area (Å²) in [6, 6.07) is 12.5. The Hall–Kier alpha value is -2.30. The van der Waals surface area contributed by atoms with Crippen molar-refractivity contribution in [1.29, 1.82) is 0 Å². The van der Waals surface area contributed by atoms with Crippen LogP contribution in [0.1, 0.15) is 65.2 Å². The molecule has 0 aliphatic carbocycles. The van der Waals surface area contributed by atoms with E-state index in [2.05, 4.69) is 41.3 Å². The molecular formula is C23H25ClN4. The van der Waals surface area contributed by atoms with Gasteiger partial charge in [-0.3, -0.25) is 15.0 Å². The van der Waals surface area contributed by atoms with E-state index < -0.39 is 0 Å². The van der Waals surface area contributed by atoms with Crippen LogP contribution in [-0.4, -0.2) is 15.0 Å². The highest BCUT2D eigenvalue weighted by atomic mass is 35.5. The van der Waals surface area contributed by atoms with Gasteiger partial charge in [0.15, 0.2) is 0 Å². The van der Waals surface area contributed by atoms with Crippen LogP contribution in [0.3, 0.4) is 0 Å². The number of hydrogen-bond acceptors (Lipinski definition) is 4. The molecule has 1 aliphatic heterocycles. The molecule has 4 nitrogen and oxygen atoms in total. The molecule has 0 radical (unpaired) electrons. The fraction of sp³-hybridized carbons (Fsp3) is 0.348. The SMILES string of the molecule is Cc1cccnc1Cc1ccc(Cl)c([C@H]2CCC[C@@H](c3ncccc3C)N2)n1. The summed E-state index contributed by atoms with van der Waals surface area (Å²) in [7, 11) is 0. The topological polar surface area (TPSA) is 50.7 Å². The van der Waals surface area contributed by atoms with Crippen LogP contribution in [0.2, 0.25) is 5.02 Å². The van der Waals surface area contributed by atoms with Gasteiger partial charge in [0, 0.05) is 30.2 Å². The zero-order chi connectivity index (χ0) is 19.5. The Morgan fingerprint density at radius 2 is 1.64 bits per heavy atom. The molecule has 1 aliphatic rings. The number of nitrogens with zero attached hydrogens (tertiary/aromatic N) is 3. The van der Waals surface area contributed by atoms with Crippen LogP contribution in [0.4, 0.5) is 0 Å². The van der Waals surface area contributed by atoms with Crippen LogP contribution in [0, 0.1) is 13.8 Å². The third-order valence-electron chi connectivity index (χ3n) is 5.50. The first-order valence-corrected chi connectivity index (χ1v) is 10.2. The molecule has 3 aromatic rings. The first kappa shape index (κ1) is 19.0. The smallest absolute Gasteiger partial charge is 0.0762 e. The van der Waals surface area contributed by atoms with Gasteiger partial charge in [0.25, 0.3) is 0 Å². The second kappa shape index (κ2) is 8.38. The first-order valence-electron chi connectivity index (χ1n) is 9.85. The molecule has 0 unspecified atom stereocenters. The number of rotatable bonds is 4. The summed E-state index contributed by atoms with van der Waals surface area (Å²) in [6.07, 6.45) is 7.66. The lowest BCUT2D eigenvalue weighted by atomic mass is 9.92. The Bertz CT molecular complexity index is 972. The third kappa shape index (κ3) is 4.08. The van der Waals surface area contributed by atoms with Crippen molar-refractivity contribution >= 4 is 11.6 Å². The zero-order valence-corrected chi connectivity index (χ0v) is 17.1. The monoisotopic (exact) mass is 392 g/mol. The van der Waals surface area contributed by atoms with Crippen LogP contribution in [-0.2, 0) is 6.42 Å². The average molecular weight is 393 g/mol. The fourth-order valence-corrected chi connectivity index (χ4v) is 4.18. The van der Waals surface area contributed by atoms with Gasteiger partial charge in [-0.05, 0) is 68.5 Å². The van der Waals surface area contributed by atoms with Gasteiger partial charge in [0.05, 0.1) is 28.5 Å². The molecule has 0 bridgehead atoms. The molecule has 4 rings (SSSR count). The first-order chi connectivity index (χ1) is 13.6. The lowest BCUT2D eigenvalue weighted by molar-refractivity contribution is 0.320. The van der Waals surface area contributed by atoms with E-state index in [9.17, 15) is 0 Å². The van der Waals surface area contributed by atoms with Crippen LogP contribution < -0.4 is 5.32 Å². The number of pyridine rings is 3. The van der Waals surface area contributed by atoms with E-state index in [1.165, 1.54) is 11.1 Å². The molecule has 0 amide bonds. The molecule has 28 heavy (non-hydrogen) atoms. The van der Waals surface area contributed by atoms with Crippen molar-refractivity contribution in [2.75, 3.05) is 0 Å². The van der Waals surface area contributed by atoms with Gasteiger partial charge in [0.1, 0.15) is 0 Å². The Morgan fingerprint density at radius 3 is 2.39 bits per heavy atom. The van der Waals surface area contributed by atoms with Crippen molar-refractivity contribution in [3.05, 3.63) is 87.7 Å². The van der Waals surface area contributed by atoms with Gasteiger partial charge in [-0.1, -0.05) is 23.7 Å². The summed E-state index contributed by atoms with van der Waals surface area (Å²) in [5.41, 5.74) is 6.52. The molecule has 2 atom stereocenters. The lowest BCUT2D eigenvalue weighted by Crippen LogP contribution is -2.32. The summed E-state index contributed by atoms with van der Waals surface area (Å²) >= 11 is 6.56. The summed E-state index contributed by atoms with van der Waals surface area (Å²) in [5, 5.41) is 4.46. The van der Waals surface area contributed by atoms with Crippen LogP contribution in [0.5, 0.6) is 0 Å². The lowest BCUT2D eigenvalue weighted by Gasteiger charge is -2.31. The van der Waals surface area contributed by atoms with Crippen molar-refractivity contribution in [2.45, 2.75) is 51.6 Å². The van der Waals surface area contributed by atoms with Crippen LogP contribution >= 0.6 is 11.6 Å². The molecule has 1 fully saturated rings. The molecule has 0 spiro atoms. The summed E-state index contributed by atoms with van der Waals surface area (Å²) in [6.45, 7) is 4.20. The van der Waals surface area contributed by atoms with Gasteiger partial charge in [-0.25, -0.2) is 0 Å². The van der Waals surface area contributed by atoms with Gasteiger partial charge >= 0.3 is 0 Å². The minimum atomic E-state index is 0.137. The van der Waals surface area contributed by atoms with Gasteiger partial charge in [-0.15, -0.1) is 0 Å². The second-order valence-corrected chi connectivity index (χ2v) is 7.93. The van der Waals surface area contributed by atoms with Gasteiger partial charge in [0.2, 0.25) is 0 Å². The predicted octanol–water partition coefficient (Wildman–Crippen LogP) is 5.29. The average Bonchev–Trinajstić information content (AvgIpc) is 2.71. The maximum atomic E-state index is 6.56. The van der Waals surface area contributed by atoms with Gasteiger partial charge < -0.3 is 5.32 Å². The van der Waals surface area contributed by atoms with Crippen molar-refractivity contribution in [3.63, 3.8) is 0 Å². The molecule has 5 heteroatoms. The second-order valence-electron chi connectivity index (χ2n) is 7.52. The predicted molar refractivity (Wildman–Crippen MR) is 112 cm³/mol.